The largest absolute Gasteiger partial charge is 0.383 e. The molecule has 0 rings (SSSR count). The third kappa shape index (κ3) is 4.81. The lowest BCUT2D eigenvalue weighted by molar-refractivity contribution is 0.0636. The fourth-order valence-corrected chi connectivity index (χ4v) is 2.36. The van der Waals surface area contributed by atoms with Crippen LogP contribution in [-0.2, 0) is 4.74 Å². The Labute approximate surface area is 101 Å². The van der Waals surface area contributed by atoms with Crippen LogP contribution in [0.1, 0.15) is 40.5 Å². The Balaban J connectivity index is 4.59. The highest BCUT2D eigenvalue weighted by Crippen LogP contribution is 2.17. The van der Waals surface area contributed by atoms with Crippen molar-refractivity contribution in [2.75, 3.05) is 26.8 Å². The molecule has 2 N–H and O–H groups in total. The second-order valence-corrected chi connectivity index (χ2v) is 4.75. The van der Waals surface area contributed by atoms with Crippen LogP contribution in [-0.4, -0.2) is 43.8 Å². The molecular formula is C13H30N2O. The average molecular weight is 230 g/mol. The van der Waals surface area contributed by atoms with Crippen molar-refractivity contribution in [3.8, 4) is 0 Å². The van der Waals surface area contributed by atoms with Gasteiger partial charge in [-0.25, -0.2) is 0 Å². The van der Waals surface area contributed by atoms with Crippen LogP contribution in [0.3, 0.4) is 0 Å². The number of hydrogen-bond acceptors (Lipinski definition) is 3. The van der Waals surface area contributed by atoms with Crippen molar-refractivity contribution in [3.63, 3.8) is 0 Å². The first kappa shape index (κ1) is 15.9. The topological polar surface area (TPSA) is 38.5 Å². The van der Waals surface area contributed by atoms with Crippen molar-refractivity contribution in [1.29, 1.82) is 0 Å². The lowest BCUT2D eigenvalue weighted by Crippen LogP contribution is -2.50. The third-order valence-corrected chi connectivity index (χ3v) is 3.40. The molecule has 0 aromatic carbocycles. The maximum atomic E-state index is 5.91. The van der Waals surface area contributed by atoms with Gasteiger partial charge in [-0.3, -0.25) is 4.90 Å². The highest BCUT2D eigenvalue weighted by molar-refractivity contribution is 4.81. The Morgan fingerprint density at radius 1 is 1.19 bits per heavy atom. The molecule has 0 radical (unpaired) electrons. The number of ether oxygens (including phenoxy) is 1. The number of nitrogens with two attached hydrogens (primary N) is 1. The molecule has 0 heterocycles. The SMILES string of the molecule is CCC(CC)N(CCOC)C(CN)C(C)C. The average Bonchev–Trinajstić information content (AvgIpc) is 2.27. The van der Waals surface area contributed by atoms with Gasteiger partial charge in [0, 0.05) is 32.3 Å². The summed E-state index contributed by atoms with van der Waals surface area (Å²) in [7, 11) is 1.76. The zero-order valence-electron chi connectivity index (χ0n) is 11.7. The molecule has 0 saturated heterocycles. The minimum Gasteiger partial charge on any atom is -0.383 e. The maximum Gasteiger partial charge on any atom is 0.0589 e. The maximum absolute atomic E-state index is 5.91. The van der Waals surface area contributed by atoms with Crippen LogP contribution in [0, 0.1) is 5.92 Å². The molecule has 0 fully saturated rings. The molecule has 0 aliphatic carbocycles. The van der Waals surface area contributed by atoms with Crippen LogP contribution in [0.15, 0.2) is 0 Å². The first-order valence-electron chi connectivity index (χ1n) is 6.56. The smallest absolute Gasteiger partial charge is 0.0589 e. The summed E-state index contributed by atoms with van der Waals surface area (Å²) in [6.45, 7) is 11.5. The summed E-state index contributed by atoms with van der Waals surface area (Å²) in [6, 6.07) is 1.10. The van der Waals surface area contributed by atoms with Gasteiger partial charge in [-0.1, -0.05) is 27.7 Å². The molecule has 0 aromatic heterocycles. The predicted octanol–water partition coefficient (Wildman–Crippen LogP) is 2.11. The summed E-state index contributed by atoms with van der Waals surface area (Å²) in [4.78, 5) is 2.54. The Morgan fingerprint density at radius 2 is 1.75 bits per heavy atom. The first-order valence-corrected chi connectivity index (χ1v) is 6.56. The lowest BCUT2D eigenvalue weighted by Gasteiger charge is -2.39. The van der Waals surface area contributed by atoms with Crippen LogP contribution in [0.2, 0.25) is 0 Å². The number of hydrogen-bond donors (Lipinski definition) is 1. The van der Waals surface area contributed by atoms with E-state index in [9.17, 15) is 0 Å². The summed E-state index contributed by atoms with van der Waals surface area (Å²) in [5.41, 5.74) is 5.91. The molecule has 1 atom stereocenters. The Kier molecular flexibility index (Phi) is 8.90. The standard InChI is InChI=1S/C13H30N2O/c1-6-12(7-2)15(8-9-16-5)13(10-14)11(3)4/h11-13H,6-10,14H2,1-5H3. The Morgan fingerprint density at radius 3 is 2.06 bits per heavy atom. The molecule has 3 nitrogen and oxygen atoms in total. The predicted molar refractivity (Wildman–Crippen MR) is 70.6 cm³/mol. The van der Waals surface area contributed by atoms with E-state index >= 15 is 0 Å². The van der Waals surface area contributed by atoms with Gasteiger partial charge in [0.05, 0.1) is 6.61 Å². The molecule has 3 heteroatoms. The molecule has 0 aliphatic heterocycles. The van der Waals surface area contributed by atoms with Gasteiger partial charge in [-0.05, 0) is 18.8 Å². The summed E-state index contributed by atoms with van der Waals surface area (Å²) in [5, 5.41) is 0. The second-order valence-electron chi connectivity index (χ2n) is 4.75. The van der Waals surface area contributed by atoms with E-state index in [4.69, 9.17) is 10.5 Å². The second kappa shape index (κ2) is 8.97. The summed E-state index contributed by atoms with van der Waals surface area (Å²) < 4.78 is 5.20. The summed E-state index contributed by atoms with van der Waals surface area (Å²) in [5.74, 6) is 0.599. The van der Waals surface area contributed by atoms with E-state index < -0.39 is 0 Å². The van der Waals surface area contributed by atoms with Gasteiger partial charge in [0.15, 0.2) is 0 Å². The van der Waals surface area contributed by atoms with E-state index in [0.717, 1.165) is 19.7 Å². The van der Waals surface area contributed by atoms with E-state index in [1.54, 1.807) is 7.11 Å². The van der Waals surface area contributed by atoms with Gasteiger partial charge in [-0.15, -0.1) is 0 Å². The molecule has 0 spiro atoms. The molecule has 0 aromatic rings. The van der Waals surface area contributed by atoms with Crippen LogP contribution in [0.25, 0.3) is 0 Å². The zero-order chi connectivity index (χ0) is 12.6. The van der Waals surface area contributed by atoms with Gasteiger partial charge in [-0.2, -0.15) is 0 Å². The summed E-state index contributed by atoms with van der Waals surface area (Å²) in [6.07, 6.45) is 2.37. The van der Waals surface area contributed by atoms with Crippen molar-refractivity contribution in [2.24, 2.45) is 11.7 Å². The van der Waals surface area contributed by atoms with E-state index in [1.807, 2.05) is 0 Å². The molecule has 0 bridgehead atoms. The van der Waals surface area contributed by atoms with E-state index in [-0.39, 0.29) is 0 Å². The van der Waals surface area contributed by atoms with Crippen LogP contribution in [0.4, 0.5) is 0 Å². The zero-order valence-corrected chi connectivity index (χ0v) is 11.7. The Hall–Kier alpha value is -0.120. The van der Waals surface area contributed by atoms with Crippen molar-refractivity contribution in [1.82, 2.24) is 4.90 Å². The normalized spacial score (nSPS) is 14.1. The van der Waals surface area contributed by atoms with E-state index in [0.29, 0.717) is 18.0 Å². The first-order chi connectivity index (χ1) is 7.62. The van der Waals surface area contributed by atoms with Gasteiger partial charge in [0.1, 0.15) is 0 Å². The number of rotatable bonds is 9. The van der Waals surface area contributed by atoms with Crippen molar-refractivity contribution < 1.29 is 4.74 Å². The minimum atomic E-state index is 0.472. The quantitative estimate of drug-likeness (QED) is 0.659. The number of methoxy groups -OCH3 is 1. The fourth-order valence-electron chi connectivity index (χ4n) is 2.36. The van der Waals surface area contributed by atoms with Crippen molar-refractivity contribution >= 4 is 0 Å². The molecule has 98 valence electrons. The molecule has 0 aliphatic rings. The van der Waals surface area contributed by atoms with E-state index in [2.05, 4.69) is 32.6 Å². The lowest BCUT2D eigenvalue weighted by atomic mass is 9.98. The molecule has 0 saturated carbocycles. The van der Waals surface area contributed by atoms with Crippen LogP contribution >= 0.6 is 0 Å². The van der Waals surface area contributed by atoms with E-state index in [1.165, 1.54) is 12.8 Å². The van der Waals surface area contributed by atoms with Gasteiger partial charge in [0.2, 0.25) is 0 Å². The Bertz CT molecular complexity index is 158. The molecule has 1 unspecified atom stereocenters. The number of nitrogens with zero attached hydrogens (tertiary/aromatic N) is 1. The molecular weight excluding hydrogens is 200 g/mol. The third-order valence-electron chi connectivity index (χ3n) is 3.40. The molecule has 16 heavy (non-hydrogen) atoms. The summed E-state index contributed by atoms with van der Waals surface area (Å²) >= 11 is 0. The highest BCUT2D eigenvalue weighted by Gasteiger charge is 2.25. The molecule has 0 amide bonds. The minimum absolute atomic E-state index is 0.472. The van der Waals surface area contributed by atoms with Crippen LogP contribution in [0.5, 0.6) is 0 Å². The van der Waals surface area contributed by atoms with Crippen molar-refractivity contribution in [3.05, 3.63) is 0 Å². The van der Waals surface area contributed by atoms with Gasteiger partial charge in [0.25, 0.3) is 0 Å². The van der Waals surface area contributed by atoms with Crippen molar-refractivity contribution in [2.45, 2.75) is 52.6 Å². The van der Waals surface area contributed by atoms with Gasteiger partial charge >= 0.3 is 0 Å². The van der Waals surface area contributed by atoms with Crippen LogP contribution < -0.4 is 5.73 Å². The fraction of sp³-hybridized carbons (Fsp3) is 1.00. The van der Waals surface area contributed by atoms with Gasteiger partial charge < -0.3 is 10.5 Å². The highest BCUT2D eigenvalue weighted by atomic mass is 16.5. The monoisotopic (exact) mass is 230 g/mol.